The molecule has 0 radical (unpaired) electrons. The summed E-state index contributed by atoms with van der Waals surface area (Å²) >= 11 is 0. The number of aromatic nitrogens is 1. The summed E-state index contributed by atoms with van der Waals surface area (Å²) < 4.78 is 31.7. The van der Waals surface area contributed by atoms with E-state index in [-0.39, 0.29) is 25.5 Å². The number of anilines is 1. The van der Waals surface area contributed by atoms with E-state index in [2.05, 4.69) is 16.3 Å². The van der Waals surface area contributed by atoms with Crippen LogP contribution in [-0.4, -0.2) is 61.2 Å². The van der Waals surface area contributed by atoms with Crippen molar-refractivity contribution in [3.8, 4) is 0 Å². The van der Waals surface area contributed by atoms with Crippen LogP contribution in [0.25, 0.3) is 0 Å². The molecule has 1 aromatic rings. The molecule has 1 aromatic heterocycles. The Labute approximate surface area is 147 Å². The van der Waals surface area contributed by atoms with Gasteiger partial charge in [-0.25, -0.2) is 8.70 Å². The second kappa shape index (κ2) is 6.69. The predicted molar refractivity (Wildman–Crippen MR) is 95.7 cm³/mol. The van der Waals surface area contributed by atoms with E-state index >= 15 is 0 Å². The quantitative estimate of drug-likeness (QED) is 0.732. The van der Waals surface area contributed by atoms with Crippen LogP contribution in [0.5, 0.6) is 0 Å². The highest BCUT2D eigenvalue weighted by atomic mass is 32.2. The van der Waals surface area contributed by atoms with Gasteiger partial charge >= 0.3 is 0 Å². The summed E-state index contributed by atoms with van der Waals surface area (Å²) in [5.41, 5.74) is -0.133. The number of aliphatic hydroxyl groups excluding tert-OH is 1. The van der Waals surface area contributed by atoms with Crippen LogP contribution in [0.2, 0.25) is 0 Å². The molecular formula is C16H26FN3O4S. The lowest BCUT2D eigenvalue weighted by Crippen LogP contribution is -2.51. The van der Waals surface area contributed by atoms with Gasteiger partial charge in [0, 0.05) is 34.3 Å². The highest BCUT2D eigenvalue weighted by Crippen LogP contribution is 2.29. The van der Waals surface area contributed by atoms with Crippen LogP contribution in [0.15, 0.2) is 10.6 Å². The van der Waals surface area contributed by atoms with Crippen molar-refractivity contribution in [2.75, 3.05) is 25.0 Å². The van der Waals surface area contributed by atoms with Gasteiger partial charge in [-0.2, -0.15) is 0 Å². The summed E-state index contributed by atoms with van der Waals surface area (Å²) in [6.45, 7) is 6.77. The number of rotatable bonds is 6. The fourth-order valence-electron chi connectivity index (χ4n) is 2.42. The first-order chi connectivity index (χ1) is 11.4. The molecule has 25 heavy (non-hydrogen) atoms. The molecule has 2 heterocycles. The topological polar surface area (TPSA) is 95.7 Å². The number of halogens is 1. The van der Waals surface area contributed by atoms with E-state index in [1.807, 2.05) is 0 Å². The molecular weight excluding hydrogens is 349 g/mol. The zero-order chi connectivity index (χ0) is 19.0. The third-order valence-corrected chi connectivity index (χ3v) is 7.64. The fraction of sp³-hybridized carbons (Fsp3) is 0.688. The van der Waals surface area contributed by atoms with E-state index < -0.39 is 31.9 Å². The first-order valence-electron chi connectivity index (χ1n) is 8.07. The third kappa shape index (κ3) is 3.73. The Morgan fingerprint density at radius 2 is 2.20 bits per heavy atom. The number of alkyl halides is 1. The number of nitrogens with zero attached hydrogens (tertiary/aromatic N) is 2. The summed E-state index contributed by atoms with van der Waals surface area (Å²) in [6.07, 6.45) is -0.773. The Hall–Kier alpha value is -1.45. The van der Waals surface area contributed by atoms with E-state index in [9.17, 15) is 18.5 Å². The third-order valence-electron chi connectivity index (χ3n) is 4.69. The van der Waals surface area contributed by atoms with Crippen LogP contribution < -0.4 is 5.32 Å². The Morgan fingerprint density at radius 1 is 1.56 bits per heavy atom. The lowest BCUT2D eigenvalue weighted by Gasteiger charge is -2.33. The van der Waals surface area contributed by atoms with Crippen molar-refractivity contribution in [3.63, 3.8) is 0 Å². The summed E-state index contributed by atoms with van der Waals surface area (Å²) in [5.74, 6) is 3.26. The van der Waals surface area contributed by atoms with Gasteiger partial charge in [0.25, 0.3) is 0 Å². The monoisotopic (exact) mass is 375 g/mol. The lowest BCUT2D eigenvalue weighted by molar-refractivity contribution is -0.118. The highest BCUT2D eigenvalue weighted by Gasteiger charge is 2.43. The number of aliphatic hydroxyl groups is 1. The fourth-order valence-corrected chi connectivity index (χ4v) is 4.21. The summed E-state index contributed by atoms with van der Waals surface area (Å²) in [7, 11) is -3.04. The van der Waals surface area contributed by atoms with Gasteiger partial charge in [0.05, 0.1) is 12.3 Å². The van der Waals surface area contributed by atoms with E-state index in [0.29, 0.717) is 12.2 Å². The number of nitrogens with one attached hydrogen (secondary N) is 1. The van der Waals surface area contributed by atoms with Gasteiger partial charge < -0.3 is 9.63 Å². The molecule has 7 nitrogen and oxygen atoms in total. The molecule has 1 amide bonds. The largest absolute Gasteiger partial charge is 0.395 e. The average Bonchev–Trinajstić information content (AvgIpc) is 3.16. The minimum absolute atomic E-state index is 0.0101. The zero-order valence-corrected chi connectivity index (χ0v) is 15.9. The van der Waals surface area contributed by atoms with Crippen molar-refractivity contribution in [1.82, 2.24) is 9.46 Å². The van der Waals surface area contributed by atoms with Crippen molar-refractivity contribution in [3.05, 3.63) is 11.8 Å². The molecule has 0 aliphatic carbocycles. The van der Waals surface area contributed by atoms with E-state index in [4.69, 9.17) is 4.52 Å². The maximum Gasteiger partial charge on any atom is 0.245 e. The molecule has 1 fully saturated rings. The van der Waals surface area contributed by atoms with Crippen LogP contribution in [0.4, 0.5) is 10.3 Å². The van der Waals surface area contributed by atoms with Crippen LogP contribution >= 0.6 is 0 Å². The van der Waals surface area contributed by atoms with Crippen molar-refractivity contribution in [1.29, 1.82) is 0 Å². The summed E-state index contributed by atoms with van der Waals surface area (Å²) in [4.78, 5) is 12.7. The molecule has 2 rings (SSSR count). The van der Waals surface area contributed by atoms with Gasteiger partial charge in [0.15, 0.2) is 0 Å². The van der Waals surface area contributed by atoms with Gasteiger partial charge in [-0.15, -0.1) is 0 Å². The van der Waals surface area contributed by atoms with E-state index in [1.165, 1.54) is 24.2 Å². The van der Waals surface area contributed by atoms with Crippen LogP contribution in [0, 0.1) is 0 Å². The van der Waals surface area contributed by atoms with E-state index in [0.717, 1.165) is 0 Å². The number of carbonyl (C=O) groups is 1. The standard InChI is InChI=1S/C16H26FN3O4S/c1-15(2,10-21)12-8-13(24-19-12)18-14(22)16(3,4)25(5,23)20-7-6-11(17)9-20/h8,11,21H,5-7,9-10H2,1-4H3,(H,18,22)/t11-,25?/m1/s1. The second-order valence-corrected chi connectivity index (χ2v) is 10.3. The highest BCUT2D eigenvalue weighted by molar-refractivity contribution is 8.00. The number of amides is 1. The smallest absolute Gasteiger partial charge is 0.245 e. The zero-order valence-electron chi connectivity index (χ0n) is 15.0. The van der Waals surface area contributed by atoms with Crippen molar-refractivity contribution < 1.29 is 23.0 Å². The van der Waals surface area contributed by atoms with Crippen molar-refractivity contribution in [2.24, 2.45) is 0 Å². The van der Waals surface area contributed by atoms with E-state index in [1.54, 1.807) is 13.8 Å². The Balaban J connectivity index is 2.16. The van der Waals surface area contributed by atoms with Gasteiger partial charge in [-0.05, 0) is 26.1 Å². The van der Waals surface area contributed by atoms with Gasteiger partial charge in [0.1, 0.15) is 10.9 Å². The molecule has 1 saturated heterocycles. The van der Waals surface area contributed by atoms with Crippen LogP contribution in [-0.2, 0) is 19.9 Å². The van der Waals surface area contributed by atoms with Gasteiger partial charge in [0.2, 0.25) is 11.8 Å². The Morgan fingerprint density at radius 3 is 2.72 bits per heavy atom. The maximum atomic E-state index is 13.4. The summed E-state index contributed by atoms with van der Waals surface area (Å²) in [6, 6.07) is 1.52. The SMILES string of the molecule is C=S(=O)(N1CC[C@@H](F)C1)C(C)(C)C(=O)Nc1cc(C(C)(C)CO)no1. The molecule has 1 unspecified atom stereocenters. The lowest BCUT2D eigenvalue weighted by atomic mass is 9.91. The molecule has 1 aliphatic rings. The predicted octanol–water partition coefficient (Wildman–Crippen LogP) is 1.34. The molecule has 1 aliphatic heterocycles. The van der Waals surface area contributed by atoms with Gasteiger partial charge in [-0.3, -0.25) is 14.3 Å². The molecule has 142 valence electrons. The Kier molecular flexibility index (Phi) is 5.32. The summed E-state index contributed by atoms with van der Waals surface area (Å²) in [5, 5.41) is 15.8. The second-order valence-electron chi connectivity index (χ2n) is 7.50. The van der Waals surface area contributed by atoms with Crippen molar-refractivity contribution in [2.45, 2.75) is 50.4 Å². The normalized spacial score (nSPS) is 21.9. The molecule has 9 heteroatoms. The minimum atomic E-state index is -3.04. The minimum Gasteiger partial charge on any atom is -0.395 e. The van der Waals surface area contributed by atoms with Gasteiger partial charge in [-0.1, -0.05) is 19.0 Å². The van der Waals surface area contributed by atoms with Crippen molar-refractivity contribution >= 4 is 27.4 Å². The van der Waals surface area contributed by atoms with Crippen LogP contribution in [0.3, 0.4) is 0 Å². The number of hydrogen-bond donors (Lipinski definition) is 2. The first kappa shape index (κ1) is 19.9. The molecule has 2 N–H and O–H groups in total. The average molecular weight is 375 g/mol. The molecule has 2 atom stereocenters. The molecule has 0 saturated carbocycles. The molecule has 0 spiro atoms. The molecule has 0 aromatic carbocycles. The van der Waals surface area contributed by atoms with Crippen LogP contribution in [0.1, 0.15) is 39.8 Å². The Bertz CT molecular complexity index is 742. The first-order valence-corrected chi connectivity index (χ1v) is 9.75. The molecule has 0 bridgehead atoms. The number of hydrogen-bond acceptors (Lipinski definition) is 5. The maximum absolute atomic E-state index is 13.4. The number of carbonyl (C=O) groups excluding carboxylic acids is 1.